The normalized spacial score (nSPS) is 12.2. The highest BCUT2D eigenvalue weighted by Crippen LogP contribution is 2.29. The quantitative estimate of drug-likeness (QED) is 0.820. The Morgan fingerprint density at radius 3 is 2.62 bits per heavy atom. The second kappa shape index (κ2) is 7.62. The zero-order valence-electron chi connectivity index (χ0n) is 12.8. The molecule has 0 saturated carbocycles. The van der Waals surface area contributed by atoms with E-state index in [2.05, 4.69) is 65.4 Å². The lowest BCUT2D eigenvalue weighted by molar-refractivity contribution is 0.405. The molecular weight excluding hydrogens is 326 g/mol. The molecule has 2 rings (SSSR count). The lowest BCUT2D eigenvalue weighted by Gasteiger charge is -2.21. The van der Waals surface area contributed by atoms with Crippen molar-refractivity contribution in [1.29, 1.82) is 0 Å². The Labute approximate surface area is 135 Å². The molecule has 1 unspecified atom stereocenters. The van der Waals surface area contributed by atoms with E-state index < -0.39 is 0 Å². The van der Waals surface area contributed by atoms with Crippen molar-refractivity contribution in [3.05, 3.63) is 63.6 Å². The van der Waals surface area contributed by atoms with Gasteiger partial charge in [-0.1, -0.05) is 53.2 Å². The van der Waals surface area contributed by atoms with Gasteiger partial charge in [-0.3, -0.25) is 0 Å². The van der Waals surface area contributed by atoms with E-state index in [1.807, 2.05) is 12.1 Å². The summed E-state index contributed by atoms with van der Waals surface area (Å²) in [6.07, 6.45) is 0.902. The zero-order chi connectivity index (χ0) is 15.2. The first-order valence-electron chi connectivity index (χ1n) is 7.27. The van der Waals surface area contributed by atoms with Gasteiger partial charge in [0.1, 0.15) is 5.75 Å². The van der Waals surface area contributed by atoms with Crippen molar-refractivity contribution < 1.29 is 4.74 Å². The second-order valence-electron chi connectivity index (χ2n) is 5.15. The minimum atomic E-state index is 0.265. The topological polar surface area (TPSA) is 21.3 Å². The van der Waals surface area contributed by atoms with Gasteiger partial charge < -0.3 is 10.1 Å². The van der Waals surface area contributed by atoms with Crippen LogP contribution in [0.1, 0.15) is 29.7 Å². The summed E-state index contributed by atoms with van der Waals surface area (Å²) in [5.41, 5.74) is 3.77. The third-order valence-corrected chi connectivity index (χ3v) is 4.29. The number of benzene rings is 2. The Bertz CT molecular complexity index is 598. The van der Waals surface area contributed by atoms with E-state index in [4.69, 9.17) is 4.74 Å². The van der Waals surface area contributed by atoms with Gasteiger partial charge in [0, 0.05) is 10.5 Å². The summed E-state index contributed by atoms with van der Waals surface area (Å²) in [4.78, 5) is 0. The van der Waals surface area contributed by atoms with Crippen molar-refractivity contribution in [3.8, 4) is 5.75 Å². The summed E-state index contributed by atoms with van der Waals surface area (Å²) in [5.74, 6) is 0.948. The predicted molar refractivity (Wildman–Crippen MR) is 92.0 cm³/mol. The number of nitrogens with one attached hydrogen (secondary N) is 1. The number of hydrogen-bond acceptors (Lipinski definition) is 2. The second-order valence-corrected chi connectivity index (χ2v) is 6.01. The van der Waals surface area contributed by atoms with Crippen LogP contribution in [-0.4, -0.2) is 13.7 Å². The molecule has 2 aromatic rings. The molecule has 2 aromatic carbocycles. The summed E-state index contributed by atoms with van der Waals surface area (Å²) in [5, 5.41) is 3.57. The Balaban J connectivity index is 2.30. The molecule has 0 aromatic heterocycles. The number of para-hydroxylation sites is 1. The molecule has 0 bridgehead atoms. The van der Waals surface area contributed by atoms with Crippen molar-refractivity contribution in [2.75, 3.05) is 13.7 Å². The number of ether oxygens (including phenoxy) is 1. The maximum Gasteiger partial charge on any atom is 0.122 e. The third kappa shape index (κ3) is 4.08. The molecule has 0 aliphatic heterocycles. The van der Waals surface area contributed by atoms with E-state index in [9.17, 15) is 0 Å². The van der Waals surface area contributed by atoms with Gasteiger partial charge in [0.2, 0.25) is 0 Å². The van der Waals surface area contributed by atoms with E-state index in [0.29, 0.717) is 0 Å². The van der Waals surface area contributed by atoms with Crippen LogP contribution in [0, 0.1) is 6.92 Å². The van der Waals surface area contributed by atoms with Crippen LogP contribution in [0.15, 0.2) is 46.9 Å². The van der Waals surface area contributed by atoms with Crippen LogP contribution in [-0.2, 0) is 6.42 Å². The summed E-state index contributed by atoms with van der Waals surface area (Å²) in [6, 6.07) is 15.0. The molecule has 0 radical (unpaired) electrons. The molecule has 2 nitrogen and oxygen atoms in total. The number of hydrogen-bond donors (Lipinski definition) is 1. The van der Waals surface area contributed by atoms with Crippen LogP contribution in [0.4, 0.5) is 0 Å². The molecule has 1 N–H and O–H groups in total. The van der Waals surface area contributed by atoms with Gasteiger partial charge >= 0.3 is 0 Å². The molecule has 112 valence electrons. The maximum absolute atomic E-state index is 5.47. The number of halogens is 1. The molecule has 0 fully saturated rings. The number of aryl methyl sites for hydroxylation is 1. The van der Waals surface area contributed by atoms with Gasteiger partial charge in [0.05, 0.1) is 7.11 Å². The van der Waals surface area contributed by atoms with Crippen molar-refractivity contribution in [2.45, 2.75) is 26.3 Å². The standard InChI is InChI=1S/C18H22BrNO/c1-4-20-17(15-10-9-13(2)11-16(15)19)12-14-7-5-6-8-18(14)21-3/h5-11,17,20H,4,12H2,1-3H3. The molecule has 0 amide bonds. The Morgan fingerprint density at radius 2 is 1.95 bits per heavy atom. The van der Waals surface area contributed by atoms with Crippen molar-refractivity contribution in [3.63, 3.8) is 0 Å². The van der Waals surface area contributed by atoms with E-state index >= 15 is 0 Å². The summed E-state index contributed by atoms with van der Waals surface area (Å²) >= 11 is 3.70. The molecule has 21 heavy (non-hydrogen) atoms. The Hall–Kier alpha value is -1.32. The fourth-order valence-electron chi connectivity index (χ4n) is 2.54. The molecule has 0 saturated heterocycles. The average molecular weight is 348 g/mol. The first-order valence-corrected chi connectivity index (χ1v) is 8.06. The number of likely N-dealkylation sites (N-methyl/N-ethyl adjacent to an activating group) is 1. The Kier molecular flexibility index (Phi) is 5.83. The zero-order valence-corrected chi connectivity index (χ0v) is 14.4. The SMILES string of the molecule is CCNC(Cc1ccccc1OC)c1ccc(C)cc1Br. The molecule has 0 spiro atoms. The molecule has 0 heterocycles. The van der Waals surface area contributed by atoms with Crippen molar-refractivity contribution in [1.82, 2.24) is 5.32 Å². The number of methoxy groups -OCH3 is 1. The largest absolute Gasteiger partial charge is 0.496 e. The molecule has 1 atom stereocenters. The van der Waals surface area contributed by atoms with E-state index in [1.165, 1.54) is 16.7 Å². The molecular formula is C18H22BrNO. The highest BCUT2D eigenvalue weighted by atomic mass is 79.9. The van der Waals surface area contributed by atoms with E-state index in [1.54, 1.807) is 7.11 Å². The lowest BCUT2D eigenvalue weighted by Crippen LogP contribution is -2.23. The van der Waals surface area contributed by atoms with Gasteiger partial charge in [-0.15, -0.1) is 0 Å². The van der Waals surface area contributed by atoms with Crippen LogP contribution in [0.25, 0.3) is 0 Å². The minimum Gasteiger partial charge on any atom is -0.496 e. The van der Waals surface area contributed by atoms with Gasteiger partial charge in [0.25, 0.3) is 0 Å². The van der Waals surface area contributed by atoms with Crippen LogP contribution in [0.2, 0.25) is 0 Å². The fourth-order valence-corrected chi connectivity index (χ4v) is 3.31. The van der Waals surface area contributed by atoms with Gasteiger partial charge in [-0.2, -0.15) is 0 Å². The Morgan fingerprint density at radius 1 is 1.19 bits per heavy atom. The van der Waals surface area contributed by atoms with Crippen LogP contribution in [0.5, 0.6) is 5.75 Å². The smallest absolute Gasteiger partial charge is 0.122 e. The maximum atomic E-state index is 5.47. The van der Waals surface area contributed by atoms with E-state index in [0.717, 1.165) is 23.2 Å². The summed E-state index contributed by atoms with van der Waals surface area (Å²) < 4.78 is 6.63. The minimum absolute atomic E-state index is 0.265. The monoisotopic (exact) mass is 347 g/mol. The average Bonchev–Trinajstić information content (AvgIpc) is 2.47. The van der Waals surface area contributed by atoms with Gasteiger partial charge in [-0.25, -0.2) is 0 Å². The van der Waals surface area contributed by atoms with Gasteiger partial charge in [0.15, 0.2) is 0 Å². The van der Waals surface area contributed by atoms with E-state index in [-0.39, 0.29) is 6.04 Å². The fraction of sp³-hybridized carbons (Fsp3) is 0.333. The van der Waals surface area contributed by atoms with Crippen LogP contribution >= 0.6 is 15.9 Å². The molecule has 3 heteroatoms. The molecule has 0 aliphatic carbocycles. The number of rotatable bonds is 6. The first kappa shape index (κ1) is 16.1. The lowest BCUT2D eigenvalue weighted by atomic mass is 9.97. The van der Waals surface area contributed by atoms with Crippen LogP contribution < -0.4 is 10.1 Å². The van der Waals surface area contributed by atoms with Crippen LogP contribution in [0.3, 0.4) is 0 Å². The molecule has 0 aliphatic rings. The summed E-state index contributed by atoms with van der Waals surface area (Å²) in [6.45, 7) is 5.18. The predicted octanol–water partition coefficient (Wildman–Crippen LogP) is 4.66. The third-order valence-electron chi connectivity index (χ3n) is 3.60. The van der Waals surface area contributed by atoms with Gasteiger partial charge in [-0.05, 0) is 48.7 Å². The highest BCUT2D eigenvalue weighted by molar-refractivity contribution is 9.10. The summed E-state index contributed by atoms with van der Waals surface area (Å²) in [7, 11) is 1.73. The first-order chi connectivity index (χ1) is 10.2. The van der Waals surface area contributed by atoms with Crippen molar-refractivity contribution in [2.24, 2.45) is 0 Å². The highest BCUT2D eigenvalue weighted by Gasteiger charge is 2.16. The van der Waals surface area contributed by atoms with Crippen molar-refractivity contribution >= 4 is 15.9 Å².